The number of hydrogen-bond acceptors (Lipinski definition) is 2. The summed E-state index contributed by atoms with van der Waals surface area (Å²) in [7, 11) is 3.28. The number of halogens is 1. The normalized spacial score (nSPS) is 10.2. The average Bonchev–Trinajstić information content (AvgIpc) is 2.41. The van der Waals surface area contributed by atoms with Gasteiger partial charge in [-0.05, 0) is 41.8 Å². The Morgan fingerprint density at radius 3 is 2.06 bits per heavy atom. The van der Waals surface area contributed by atoms with Gasteiger partial charge >= 0.3 is 0 Å². The molecule has 18 heavy (non-hydrogen) atoms. The predicted molar refractivity (Wildman–Crippen MR) is 73.8 cm³/mol. The van der Waals surface area contributed by atoms with Crippen molar-refractivity contribution in [3.63, 3.8) is 0 Å². The van der Waals surface area contributed by atoms with Crippen LogP contribution in [-0.2, 0) is 6.42 Å². The standard InChI is InChI=1S/C15H15ClO2/c1-17-14-8-5-12(10-15(14)18-2)9-11-3-6-13(16)7-4-11/h3-8,10H,9H2,1-2H3. The molecule has 94 valence electrons. The fourth-order valence-corrected chi connectivity index (χ4v) is 1.95. The zero-order chi connectivity index (χ0) is 13.0. The van der Waals surface area contributed by atoms with Crippen LogP contribution in [0.5, 0.6) is 11.5 Å². The summed E-state index contributed by atoms with van der Waals surface area (Å²) in [4.78, 5) is 0. The molecule has 0 saturated heterocycles. The molecule has 0 unspecified atom stereocenters. The fourth-order valence-electron chi connectivity index (χ4n) is 1.83. The summed E-state index contributed by atoms with van der Waals surface area (Å²) in [6.07, 6.45) is 0.845. The molecular weight excluding hydrogens is 248 g/mol. The first-order valence-electron chi connectivity index (χ1n) is 5.68. The van der Waals surface area contributed by atoms with E-state index in [4.69, 9.17) is 21.1 Å². The molecule has 0 spiro atoms. The minimum atomic E-state index is 0.748. The molecular formula is C15H15ClO2. The summed E-state index contributed by atoms with van der Waals surface area (Å²) in [5.41, 5.74) is 2.39. The molecule has 3 heteroatoms. The molecule has 0 aromatic heterocycles. The molecule has 0 saturated carbocycles. The van der Waals surface area contributed by atoms with Crippen molar-refractivity contribution in [2.45, 2.75) is 6.42 Å². The van der Waals surface area contributed by atoms with Crippen LogP contribution in [-0.4, -0.2) is 14.2 Å². The van der Waals surface area contributed by atoms with Crippen LogP contribution >= 0.6 is 11.6 Å². The van der Waals surface area contributed by atoms with Gasteiger partial charge in [0.1, 0.15) is 0 Å². The van der Waals surface area contributed by atoms with E-state index in [2.05, 4.69) is 0 Å². The van der Waals surface area contributed by atoms with E-state index in [1.165, 1.54) is 11.1 Å². The highest BCUT2D eigenvalue weighted by Gasteiger charge is 2.05. The lowest BCUT2D eigenvalue weighted by Gasteiger charge is -2.09. The van der Waals surface area contributed by atoms with E-state index in [9.17, 15) is 0 Å². The van der Waals surface area contributed by atoms with Gasteiger partial charge in [0.2, 0.25) is 0 Å². The molecule has 0 bridgehead atoms. The van der Waals surface area contributed by atoms with Crippen LogP contribution in [0.25, 0.3) is 0 Å². The first kappa shape index (κ1) is 12.8. The van der Waals surface area contributed by atoms with Crippen molar-refractivity contribution < 1.29 is 9.47 Å². The second kappa shape index (κ2) is 5.78. The molecule has 2 aromatic carbocycles. The summed E-state index contributed by atoms with van der Waals surface area (Å²) < 4.78 is 10.5. The van der Waals surface area contributed by atoms with Gasteiger partial charge in [-0.1, -0.05) is 29.8 Å². The van der Waals surface area contributed by atoms with Crippen LogP contribution in [0.3, 0.4) is 0 Å². The van der Waals surface area contributed by atoms with Gasteiger partial charge in [-0.2, -0.15) is 0 Å². The summed E-state index contributed by atoms with van der Waals surface area (Å²) in [5.74, 6) is 1.50. The molecule has 0 radical (unpaired) electrons. The zero-order valence-electron chi connectivity index (χ0n) is 10.4. The van der Waals surface area contributed by atoms with E-state index in [0.29, 0.717) is 0 Å². The third kappa shape index (κ3) is 2.96. The monoisotopic (exact) mass is 262 g/mol. The number of ether oxygens (including phenoxy) is 2. The third-order valence-corrected chi connectivity index (χ3v) is 3.02. The lowest BCUT2D eigenvalue weighted by Crippen LogP contribution is -1.93. The maximum Gasteiger partial charge on any atom is 0.160 e. The summed E-state index contributed by atoms with van der Waals surface area (Å²) in [6.45, 7) is 0. The maximum atomic E-state index is 5.87. The molecule has 0 aliphatic heterocycles. The molecule has 0 amide bonds. The van der Waals surface area contributed by atoms with Gasteiger partial charge in [0.25, 0.3) is 0 Å². The minimum absolute atomic E-state index is 0.748. The first-order chi connectivity index (χ1) is 8.72. The van der Waals surface area contributed by atoms with E-state index >= 15 is 0 Å². The van der Waals surface area contributed by atoms with Crippen molar-refractivity contribution in [1.29, 1.82) is 0 Å². The molecule has 0 N–H and O–H groups in total. The summed E-state index contributed by atoms with van der Waals surface area (Å²) in [5, 5.41) is 0.756. The molecule has 0 fully saturated rings. The fraction of sp³-hybridized carbons (Fsp3) is 0.200. The van der Waals surface area contributed by atoms with Gasteiger partial charge in [0, 0.05) is 5.02 Å². The van der Waals surface area contributed by atoms with E-state index in [1.54, 1.807) is 14.2 Å². The van der Waals surface area contributed by atoms with Crippen molar-refractivity contribution in [2.75, 3.05) is 14.2 Å². The molecule has 2 nitrogen and oxygen atoms in total. The van der Waals surface area contributed by atoms with Crippen LogP contribution in [0, 0.1) is 0 Å². The van der Waals surface area contributed by atoms with Crippen LogP contribution in [0.1, 0.15) is 11.1 Å². The molecule has 0 aliphatic rings. The minimum Gasteiger partial charge on any atom is -0.493 e. The Kier molecular flexibility index (Phi) is 4.11. The van der Waals surface area contributed by atoms with Crippen molar-refractivity contribution >= 4 is 11.6 Å². The largest absolute Gasteiger partial charge is 0.493 e. The first-order valence-corrected chi connectivity index (χ1v) is 6.06. The SMILES string of the molecule is COc1ccc(Cc2ccc(Cl)cc2)cc1OC. The van der Waals surface area contributed by atoms with Crippen LogP contribution in [0.15, 0.2) is 42.5 Å². The lowest BCUT2D eigenvalue weighted by molar-refractivity contribution is 0.354. The Labute approximate surface area is 112 Å². The Morgan fingerprint density at radius 2 is 1.44 bits per heavy atom. The second-order valence-corrected chi connectivity index (χ2v) is 4.43. The van der Waals surface area contributed by atoms with Gasteiger partial charge in [-0.15, -0.1) is 0 Å². The Morgan fingerprint density at radius 1 is 0.833 bits per heavy atom. The molecule has 2 rings (SSSR count). The van der Waals surface area contributed by atoms with Crippen LogP contribution < -0.4 is 9.47 Å². The number of hydrogen-bond donors (Lipinski definition) is 0. The third-order valence-electron chi connectivity index (χ3n) is 2.77. The van der Waals surface area contributed by atoms with Gasteiger partial charge in [-0.3, -0.25) is 0 Å². The maximum absolute atomic E-state index is 5.87. The Balaban J connectivity index is 2.21. The van der Waals surface area contributed by atoms with Gasteiger partial charge < -0.3 is 9.47 Å². The van der Waals surface area contributed by atoms with Gasteiger partial charge in [0.05, 0.1) is 14.2 Å². The molecule has 0 aliphatic carbocycles. The number of benzene rings is 2. The van der Waals surface area contributed by atoms with Gasteiger partial charge in [-0.25, -0.2) is 0 Å². The van der Waals surface area contributed by atoms with Crippen LogP contribution in [0.2, 0.25) is 5.02 Å². The quantitative estimate of drug-likeness (QED) is 0.831. The van der Waals surface area contributed by atoms with E-state index < -0.39 is 0 Å². The lowest BCUT2D eigenvalue weighted by atomic mass is 10.0. The van der Waals surface area contributed by atoms with Gasteiger partial charge in [0.15, 0.2) is 11.5 Å². The second-order valence-electron chi connectivity index (χ2n) is 3.99. The van der Waals surface area contributed by atoms with E-state index in [0.717, 1.165) is 22.9 Å². The predicted octanol–water partition coefficient (Wildman–Crippen LogP) is 3.95. The van der Waals surface area contributed by atoms with E-state index in [-0.39, 0.29) is 0 Å². The zero-order valence-corrected chi connectivity index (χ0v) is 11.2. The van der Waals surface area contributed by atoms with Crippen molar-refractivity contribution in [3.05, 3.63) is 58.6 Å². The van der Waals surface area contributed by atoms with Crippen LogP contribution in [0.4, 0.5) is 0 Å². The highest BCUT2D eigenvalue weighted by Crippen LogP contribution is 2.28. The Bertz CT molecular complexity index is 521. The smallest absolute Gasteiger partial charge is 0.160 e. The van der Waals surface area contributed by atoms with Crippen molar-refractivity contribution in [2.24, 2.45) is 0 Å². The van der Waals surface area contributed by atoms with Crippen molar-refractivity contribution in [1.82, 2.24) is 0 Å². The van der Waals surface area contributed by atoms with E-state index in [1.807, 2.05) is 42.5 Å². The molecule has 0 heterocycles. The summed E-state index contributed by atoms with van der Waals surface area (Å²) in [6, 6.07) is 13.8. The molecule has 2 aromatic rings. The highest BCUT2D eigenvalue weighted by molar-refractivity contribution is 6.30. The highest BCUT2D eigenvalue weighted by atomic mass is 35.5. The Hall–Kier alpha value is -1.67. The van der Waals surface area contributed by atoms with Crippen molar-refractivity contribution in [3.8, 4) is 11.5 Å². The average molecular weight is 263 g/mol. The number of methoxy groups -OCH3 is 2. The topological polar surface area (TPSA) is 18.5 Å². The summed E-state index contributed by atoms with van der Waals surface area (Å²) >= 11 is 5.87. The number of rotatable bonds is 4. The molecule has 0 atom stereocenters.